The number of aliphatic hydroxyl groups excluding tert-OH is 3. The lowest BCUT2D eigenvalue weighted by molar-refractivity contribution is -0.298. The molecule has 0 unspecified atom stereocenters. The molecule has 14 nitrogen and oxygen atoms in total. The first kappa shape index (κ1) is 41.7. The van der Waals surface area contributed by atoms with Crippen LogP contribution in [0.4, 0.5) is 0 Å². The van der Waals surface area contributed by atoms with Gasteiger partial charge in [-0.3, -0.25) is 4.79 Å². The van der Waals surface area contributed by atoms with Crippen LogP contribution >= 0.6 is 0 Å². The van der Waals surface area contributed by atoms with Gasteiger partial charge in [-0.1, -0.05) is 32.9 Å². The summed E-state index contributed by atoms with van der Waals surface area (Å²) >= 11 is 0. The number of rotatable bonds is 10. The molecule has 2 fully saturated rings. The van der Waals surface area contributed by atoms with Crippen LogP contribution < -0.4 is 0 Å². The monoisotopic (exact) mass is 678 g/mol. The third-order valence-electron chi connectivity index (χ3n) is 9.85. The second kappa shape index (κ2) is 18.0. The predicted octanol–water partition coefficient (Wildman–Crippen LogP) is 1.28. The molecule has 276 valence electrons. The number of likely N-dealkylation sites (N-methyl/N-ethyl adjacent to an activating group) is 1. The molecule has 0 amide bonds. The van der Waals surface area contributed by atoms with E-state index in [1.165, 1.54) is 13.8 Å². The maximum absolute atomic E-state index is 13.4. The van der Waals surface area contributed by atoms with Crippen molar-refractivity contribution in [2.75, 3.05) is 41.2 Å². The average molecular weight is 679 g/mol. The van der Waals surface area contributed by atoms with E-state index >= 15 is 0 Å². The highest BCUT2D eigenvalue weighted by molar-refractivity contribution is 5.88. The number of cyclic esters (lactones) is 1. The molecule has 0 saturated carbocycles. The van der Waals surface area contributed by atoms with Gasteiger partial charge >= 0.3 is 5.97 Å². The van der Waals surface area contributed by atoms with Gasteiger partial charge in [0.15, 0.2) is 6.29 Å². The van der Waals surface area contributed by atoms with Crippen molar-refractivity contribution in [2.45, 2.75) is 135 Å². The lowest BCUT2D eigenvalue weighted by Gasteiger charge is -2.47. The van der Waals surface area contributed by atoms with Gasteiger partial charge in [-0.15, -0.1) is 0 Å². The quantitative estimate of drug-likeness (QED) is 0.0963. The fourth-order valence-corrected chi connectivity index (χ4v) is 6.93. The van der Waals surface area contributed by atoms with Crippen molar-refractivity contribution in [3.05, 3.63) is 0 Å². The maximum Gasteiger partial charge on any atom is 0.311 e. The van der Waals surface area contributed by atoms with Crippen LogP contribution in [0.1, 0.15) is 74.7 Å². The van der Waals surface area contributed by atoms with Crippen molar-refractivity contribution in [2.24, 2.45) is 28.8 Å². The van der Waals surface area contributed by atoms with Gasteiger partial charge in [-0.2, -0.15) is 0 Å². The topological polar surface area (TPSA) is 189 Å². The van der Waals surface area contributed by atoms with Crippen molar-refractivity contribution in [3.63, 3.8) is 0 Å². The largest absolute Gasteiger partial charge is 0.459 e. The zero-order valence-corrected chi connectivity index (χ0v) is 30.2. The van der Waals surface area contributed by atoms with Crippen LogP contribution in [0.2, 0.25) is 0 Å². The Morgan fingerprint density at radius 2 is 1.64 bits per heavy atom. The zero-order chi connectivity index (χ0) is 35.9. The summed E-state index contributed by atoms with van der Waals surface area (Å²) in [7, 11) is 5.25. The smallest absolute Gasteiger partial charge is 0.311 e. The molecule has 14 heteroatoms. The van der Waals surface area contributed by atoms with Gasteiger partial charge in [0.2, 0.25) is 6.79 Å². The van der Waals surface area contributed by atoms with E-state index in [2.05, 4.69) is 5.16 Å². The van der Waals surface area contributed by atoms with E-state index in [0.717, 1.165) is 0 Å². The first-order chi connectivity index (χ1) is 21.8. The van der Waals surface area contributed by atoms with E-state index in [4.69, 9.17) is 28.5 Å². The number of carbonyl (C=O) groups is 1. The molecule has 0 aliphatic carbocycles. The van der Waals surface area contributed by atoms with E-state index in [0.29, 0.717) is 18.7 Å². The first-order valence-corrected chi connectivity index (χ1v) is 16.7. The maximum atomic E-state index is 13.4. The molecule has 0 aromatic carbocycles. The van der Waals surface area contributed by atoms with Crippen molar-refractivity contribution in [1.82, 2.24) is 4.90 Å². The van der Waals surface area contributed by atoms with Crippen LogP contribution in [-0.4, -0.2) is 143 Å². The minimum Gasteiger partial charge on any atom is -0.459 e. The summed E-state index contributed by atoms with van der Waals surface area (Å²) in [5, 5.41) is 62.4. The molecule has 2 aliphatic heterocycles. The second-order valence-corrected chi connectivity index (χ2v) is 14.2. The van der Waals surface area contributed by atoms with Gasteiger partial charge in [0.05, 0.1) is 54.9 Å². The Morgan fingerprint density at radius 1 is 1.00 bits per heavy atom. The van der Waals surface area contributed by atoms with Gasteiger partial charge < -0.3 is 59.0 Å². The van der Waals surface area contributed by atoms with E-state index in [9.17, 15) is 30.3 Å². The number of ether oxygens (including phenoxy) is 5. The molecule has 47 heavy (non-hydrogen) atoms. The number of hydrogen-bond donors (Lipinski definition) is 5. The highest BCUT2D eigenvalue weighted by Crippen LogP contribution is 2.38. The fraction of sp³-hybridized carbons (Fsp3) is 0.939. The van der Waals surface area contributed by atoms with Crippen molar-refractivity contribution in [3.8, 4) is 0 Å². The van der Waals surface area contributed by atoms with Gasteiger partial charge in [0.1, 0.15) is 17.8 Å². The number of esters is 1. The van der Waals surface area contributed by atoms with Crippen LogP contribution in [-0.2, 0) is 33.3 Å². The van der Waals surface area contributed by atoms with E-state index < -0.39 is 77.7 Å². The van der Waals surface area contributed by atoms with Gasteiger partial charge in [-0.25, -0.2) is 0 Å². The number of nitrogens with zero attached hydrogens (tertiary/aromatic N) is 2. The Hall–Kier alpha value is -1.46. The highest BCUT2D eigenvalue weighted by atomic mass is 16.7. The van der Waals surface area contributed by atoms with Gasteiger partial charge in [0, 0.05) is 30.9 Å². The molecule has 0 bridgehead atoms. The third kappa shape index (κ3) is 10.5. The summed E-state index contributed by atoms with van der Waals surface area (Å²) in [4.78, 5) is 20.8. The fourth-order valence-electron chi connectivity index (χ4n) is 6.93. The van der Waals surface area contributed by atoms with E-state index in [-0.39, 0.29) is 38.4 Å². The Kier molecular flexibility index (Phi) is 16.0. The second-order valence-electron chi connectivity index (χ2n) is 14.2. The lowest BCUT2D eigenvalue weighted by atomic mass is 9.73. The van der Waals surface area contributed by atoms with Crippen molar-refractivity contribution >= 4 is 11.7 Å². The minimum absolute atomic E-state index is 0.00777. The molecule has 0 aromatic heterocycles. The molecule has 0 aromatic rings. The van der Waals surface area contributed by atoms with E-state index in [1.54, 1.807) is 41.7 Å². The highest BCUT2D eigenvalue weighted by Gasteiger charge is 2.51. The van der Waals surface area contributed by atoms with Crippen LogP contribution in [0, 0.1) is 23.7 Å². The zero-order valence-electron chi connectivity index (χ0n) is 30.2. The molecule has 0 spiro atoms. The van der Waals surface area contributed by atoms with Crippen molar-refractivity contribution < 1.29 is 58.8 Å². The summed E-state index contributed by atoms with van der Waals surface area (Å²) in [6.45, 7) is 13.5. The number of carbonyl (C=O) groups excluding carboxylic acids is 1. The lowest BCUT2D eigenvalue weighted by Crippen LogP contribution is -2.60. The normalized spacial score (nSPS) is 43.9. The standard InChI is InChI=1S/C33H62N2O12/c1-12-24-33(8,41)28(38)20(4)25(34-44-17-43-14-13-42-11)18(2)16-32(7,40)29(21(5)26(36)22(6)30(39)46-24)47-31-27(37)23(35(9)10)15-19(3)45-31/h18-24,26-29,31,36-38,40-41H,12-17H2,1-11H3/b34-25-/t18-,19-,20+,21+,22-,23+,24-,26+,27-,28-,29-,31+,32-,33-/m1/s1. The Morgan fingerprint density at radius 3 is 2.21 bits per heavy atom. The molecular weight excluding hydrogens is 616 g/mol. The number of aliphatic hydroxyl groups is 5. The summed E-state index contributed by atoms with van der Waals surface area (Å²) < 4.78 is 28.5. The molecule has 14 atom stereocenters. The Bertz CT molecular complexity index is 995. The number of methoxy groups -OCH3 is 1. The van der Waals surface area contributed by atoms with Crippen LogP contribution in [0.3, 0.4) is 0 Å². The molecule has 5 N–H and O–H groups in total. The SMILES string of the molecule is CC[C@H]1OC(=O)[C@H](C)[C@@H](O)[C@H](C)[C@@H](O[C@@H]2O[C@H](C)C[C@H](N(C)C)[C@H]2O)[C@](C)(O)C[C@@H](C)/C(=N/OCOCCOC)[C@H](C)[C@@H](O)[C@]1(C)O. The predicted molar refractivity (Wildman–Crippen MR) is 173 cm³/mol. The van der Waals surface area contributed by atoms with Gasteiger partial charge in [0.25, 0.3) is 0 Å². The van der Waals surface area contributed by atoms with Crippen LogP contribution in [0.5, 0.6) is 0 Å². The number of hydrogen-bond acceptors (Lipinski definition) is 14. The first-order valence-electron chi connectivity index (χ1n) is 16.7. The van der Waals surface area contributed by atoms with Crippen LogP contribution in [0.25, 0.3) is 0 Å². The molecular formula is C33H62N2O12. The van der Waals surface area contributed by atoms with Crippen molar-refractivity contribution in [1.29, 1.82) is 0 Å². The van der Waals surface area contributed by atoms with E-state index in [1.807, 2.05) is 25.9 Å². The summed E-state index contributed by atoms with van der Waals surface area (Å²) in [6.07, 6.45) is -6.88. The molecule has 2 heterocycles. The summed E-state index contributed by atoms with van der Waals surface area (Å²) in [5.41, 5.74) is -3.32. The van der Waals surface area contributed by atoms with Crippen LogP contribution in [0.15, 0.2) is 5.16 Å². The third-order valence-corrected chi connectivity index (χ3v) is 9.85. The Balaban J connectivity index is 2.61. The number of oxime groups is 1. The Labute approximate surface area is 280 Å². The molecule has 2 aliphatic rings. The molecule has 2 rings (SSSR count). The molecule has 0 radical (unpaired) electrons. The average Bonchev–Trinajstić information content (AvgIpc) is 3.00. The summed E-state index contributed by atoms with van der Waals surface area (Å²) in [5.74, 6) is -4.17. The summed E-state index contributed by atoms with van der Waals surface area (Å²) in [6, 6.07) is -0.289. The minimum atomic E-state index is -1.91. The molecule has 2 saturated heterocycles. The van der Waals surface area contributed by atoms with Gasteiger partial charge in [-0.05, 0) is 61.1 Å².